The lowest BCUT2D eigenvalue weighted by atomic mass is 10.1. The molecule has 3 aromatic rings. The average molecular weight is 378 g/mol. The minimum absolute atomic E-state index is 0.265. The molecule has 0 fully saturated rings. The van der Waals surface area contributed by atoms with Gasteiger partial charge in [0.2, 0.25) is 5.95 Å². The van der Waals surface area contributed by atoms with Crippen LogP contribution in [0.3, 0.4) is 0 Å². The maximum atomic E-state index is 12.4. The Morgan fingerprint density at radius 2 is 1.61 bits per heavy atom. The number of nitrogens with zero attached hydrogens (tertiary/aromatic N) is 2. The van der Waals surface area contributed by atoms with Crippen LogP contribution in [0.4, 0.5) is 17.3 Å². The molecular formula is C21H22N4O3. The van der Waals surface area contributed by atoms with Crippen molar-refractivity contribution in [2.75, 3.05) is 24.9 Å². The summed E-state index contributed by atoms with van der Waals surface area (Å²) in [5.74, 6) is 1.37. The predicted octanol–water partition coefficient (Wildman–Crippen LogP) is 4.11. The van der Waals surface area contributed by atoms with Gasteiger partial charge in [0.05, 0.1) is 25.5 Å². The van der Waals surface area contributed by atoms with Gasteiger partial charge in [-0.15, -0.1) is 0 Å². The molecule has 1 amide bonds. The van der Waals surface area contributed by atoms with Crippen LogP contribution in [0.1, 0.15) is 21.5 Å². The third-order valence-electron chi connectivity index (χ3n) is 4.05. The number of aryl methyl sites for hydroxylation is 2. The number of benzene rings is 2. The number of hydrogen-bond acceptors (Lipinski definition) is 6. The number of methoxy groups -OCH3 is 2. The summed E-state index contributed by atoms with van der Waals surface area (Å²) in [6.45, 7) is 3.97. The van der Waals surface area contributed by atoms with E-state index < -0.39 is 0 Å². The largest absolute Gasteiger partial charge is 0.497 e. The number of aromatic nitrogens is 2. The molecular weight excluding hydrogens is 356 g/mol. The molecule has 1 aromatic heterocycles. The smallest absolute Gasteiger partial charge is 0.258 e. The summed E-state index contributed by atoms with van der Waals surface area (Å²) in [6.07, 6.45) is 2.95. The van der Waals surface area contributed by atoms with E-state index in [1.165, 1.54) is 12.4 Å². The molecule has 3 rings (SSSR count). The Hall–Kier alpha value is -3.61. The highest BCUT2D eigenvalue weighted by Crippen LogP contribution is 2.30. The zero-order valence-electron chi connectivity index (χ0n) is 16.2. The molecule has 0 bridgehead atoms. The molecule has 0 aliphatic heterocycles. The van der Waals surface area contributed by atoms with Gasteiger partial charge in [-0.25, -0.2) is 9.97 Å². The van der Waals surface area contributed by atoms with Crippen LogP contribution in [0.2, 0.25) is 0 Å². The van der Waals surface area contributed by atoms with E-state index in [9.17, 15) is 4.79 Å². The van der Waals surface area contributed by atoms with Crippen LogP contribution in [0.15, 0.2) is 48.8 Å². The van der Waals surface area contributed by atoms with Gasteiger partial charge in [-0.05, 0) is 49.2 Å². The van der Waals surface area contributed by atoms with Crippen LogP contribution in [-0.2, 0) is 0 Å². The van der Waals surface area contributed by atoms with E-state index in [0.717, 1.165) is 16.8 Å². The Morgan fingerprint density at radius 1 is 0.929 bits per heavy atom. The van der Waals surface area contributed by atoms with E-state index >= 15 is 0 Å². The van der Waals surface area contributed by atoms with Crippen molar-refractivity contribution in [3.8, 4) is 11.5 Å². The summed E-state index contributed by atoms with van der Waals surface area (Å²) < 4.78 is 10.5. The third-order valence-corrected chi connectivity index (χ3v) is 4.05. The molecule has 1 heterocycles. The second-order valence-corrected chi connectivity index (χ2v) is 6.32. The minimum atomic E-state index is -0.265. The molecule has 0 aliphatic carbocycles. The van der Waals surface area contributed by atoms with Gasteiger partial charge in [-0.2, -0.15) is 0 Å². The van der Waals surface area contributed by atoms with Crippen LogP contribution in [0.5, 0.6) is 11.5 Å². The number of rotatable bonds is 6. The van der Waals surface area contributed by atoms with Crippen LogP contribution in [0.25, 0.3) is 0 Å². The molecule has 0 saturated carbocycles. The summed E-state index contributed by atoms with van der Waals surface area (Å²) in [5, 5.41) is 5.94. The van der Waals surface area contributed by atoms with Gasteiger partial charge >= 0.3 is 0 Å². The van der Waals surface area contributed by atoms with Gasteiger partial charge in [0.25, 0.3) is 5.91 Å². The van der Waals surface area contributed by atoms with Gasteiger partial charge < -0.3 is 20.1 Å². The van der Waals surface area contributed by atoms with E-state index in [4.69, 9.17) is 9.47 Å². The first kappa shape index (κ1) is 19.2. The summed E-state index contributed by atoms with van der Waals surface area (Å²) >= 11 is 0. The SMILES string of the molecule is COc1ccc(Nc2ncc(C(=O)Nc3cc(C)cc(C)c3)cn2)c(OC)c1. The fraction of sp³-hybridized carbons (Fsp3) is 0.190. The minimum Gasteiger partial charge on any atom is -0.497 e. The quantitative estimate of drug-likeness (QED) is 0.671. The van der Waals surface area contributed by atoms with Crippen molar-refractivity contribution in [1.29, 1.82) is 0 Å². The molecule has 2 N–H and O–H groups in total. The van der Waals surface area contributed by atoms with E-state index in [1.807, 2.05) is 38.1 Å². The van der Waals surface area contributed by atoms with Crippen molar-refractivity contribution in [3.05, 3.63) is 65.5 Å². The number of hydrogen-bond donors (Lipinski definition) is 2. The standard InChI is InChI=1S/C21H22N4O3/c1-13-7-14(2)9-16(8-13)24-20(26)15-11-22-21(23-12-15)25-18-6-5-17(27-3)10-19(18)28-4/h5-12H,1-4H3,(H,24,26)(H,22,23,25). The maximum Gasteiger partial charge on any atom is 0.258 e. The predicted molar refractivity (Wildman–Crippen MR) is 109 cm³/mol. The zero-order chi connectivity index (χ0) is 20.1. The number of nitrogens with one attached hydrogen (secondary N) is 2. The molecule has 0 atom stereocenters. The summed E-state index contributed by atoms with van der Waals surface area (Å²) in [5.41, 5.74) is 3.97. The molecule has 0 aliphatic rings. The molecule has 0 spiro atoms. The molecule has 7 heteroatoms. The van der Waals surface area contributed by atoms with E-state index in [2.05, 4.69) is 20.6 Å². The van der Waals surface area contributed by atoms with Crippen molar-refractivity contribution >= 4 is 23.2 Å². The molecule has 0 unspecified atom stereocenters. The van der Waals surface area contributed by atoms with Gasteiger partial charge in [0.15, 0.2) is 0 Å². The molecule has 144 valence electrons. The van der Waals surface area contributed by atoms with Crippen LogP contribution >= 0.6 is 0 Å². The number of ether oxygens (including phenoxy) is 2. The highest BCUT2D eigenvalue weighted by Gasteiger charge is 2.10. The van der Waals surface area contributed by atoms with Gasteiger partial charge in [-0.3, -0.25) is 4.79 Å². The second kappa shape index (κ2) is 8.39. The topological polar surface area (TPSA) is 85.4 Å². The number of carbonyl (C=O) groups excluding carboxylic acids is 1. The Kier molecular flexibility index (Phi) is 5.74. The van der Waals surface area contributed by atoms with E-state index in [0.29, 0.717) is 28.7 Å². The van der Waals surface area contributed by atoms with Crippen LogP contribution in [-0.4, -0.2) is 30.1 Å². The Bertz CT molecular complexity index is 967. The van der Waals surface area contributed by atoms with E-state index in [1.54, 1.807) is 26.4 Å². The highest BCUT2D eigenvalue weighted by atomic mass is 16.5. The maximum absolute atomic E-state index is 12.4. The van der Waals surface area contributed by atoms with Crippen molar-refractivity contribution in [2.24, 2.45) is 0 Å². The molecule has 0 saturated heterocycles. The molecule has 7 nitrogen and oxygen atoms in total. The third kappa shape index (κ3) is 4.56. The summed E-state index contributed by atoms with van der Waals surface area (Å²) in [7, 11) is 3.16. The van der Waals surface area contributed by atoms with Crippen molar-refractivity contribution in [3.63, 3.8) is 0 Å². The lowest BCUT2D eigenvalue weighted by molar-refractivity contribution is 0.102. The molecule has 0 radical (unpaired) electrons. The van der Waals surface area contributed by atoms with Crippen molar-refractivity contribution in [2.45, 2.75) is 13.8 Å². The lowest BCUT2D eigenvalue weighted by Gasteiger charge is -2.11. The van der Waals surface area contributed by atoms with Gasteiger partial charge in [0, 0.05) is 24.1 Å². The normalized spacial score (nSPS) is 10.3. The Morgan fingerprint density at radius 3 is 2.21 bits per heavy atom. The fourth-order valence-electron chi connectivity index (χ4n) is 2.78. The zero-order valence-corrected chi connectivity index (χ0v) is 16.2. The van der Waals surface area contributed by atoms with Crippen LogP contribution < -0.4 is 20.1 Å². The lowest BCUT2D eigenvalue weighted by Crippen LogP contribution is -2.13. The van der Waals surface area contributed by atoms with E-state index in [-0.39, 0.29) is 5.91 Å². The number of anilines is 3. The number of carbonyl (C=O) groups is 1. The second-order valence-electron chi connectivity index (χ2n) is 6.32. The van der Waals surface area contributed by atoms with Crippen molar-refractivity contribution < 1.29 is 14.3 Å². The first-order valence-electron chi connectivity index (χ1n) is 8.69. The van der Waals surface area contributed by atoms with Crippen molar-refractivity contribution in [1.82, 2.24) is 9.97 Å². The Balaban J connectivity index is 1.72. The van der Waals surface area contributed by atoms with Gasteiger partial charge in [-0.1, -0.05) is 6.07 Å². The highest BCUT2D eigenvalue weighted by molar-refractivity contribution is 6.04. The monoisotopic (exact) mass is 378 g/mol. The first-order valence-corrected chi connectivity index (χ1v) is 8.69. The summed E-state index contributed by atoms with van der Waals surface area (Å²) in [6, 6.07) is 11.2. The number of amides is 1. The first-order chi connectivity index (χ1) is 13.5. The Labute approximate surface area is 163 Å². The summed E-state index contributed by atoms with van der Waals surface area (Å²) in [4.78, 5) is 20.9. The molecule has 2 aromatic carbocycles. The van der Waals surface area contributed by atoms with Gasteiger partial charge in [0.1, 0.15) is 11.5 Å². The fourth-order valence-corrected chi connectivity index (χ4v) is 2.78. The van der Waals surface area contributed by atoms with Crippen LogP contribution in [0, 0.1) is 13.8 Å². The molecule has 28 heavy (non-hydrogen) atoms. The average Bonchev–Trinajstić information content (AvgIpc) is 2.68.